The van der Waals surface area contributed by atoms with Gasteiger partial charge >= 0.3 is 0 Å². The number of carbonyl (C=O) groups excluding carboxylic acids is 1. The Morgan fingerprint density at radius 2 is 2.12 bits per heavy atom. The summed E-state index contributed by atoms with van der Waals surface area (Å²) >= 11 is 0. The average molecular weight is 236 g/mol. The third-order valence-electron chi connectivity index (χ3n) is 3.05. The first-order valence-electron chi connectivity index (χ1n) is 6.14. The number of hydrogen-bond acceptors (Lipinski definition) is 3. The predicted molar refractivity (Wildman–Crippen MR) is 65.5 cm³/mol. The number of nitrogens with zero attached hydrogens (tertiary/aromatic N) is 3. The van der Waals surface area contributed by atoms with Crippen LogP contribution in [0, 0.1) is 0 Å². The molecule has 0 aromatic carbocycles. The van der Waals surface area contributed by atoms with Gasteiger partial charge < -0.3 is 14.8 Å². The molecule has 0 radical (unpaired) electrons. The molecule has 1 aliphatic rings. The van der Waals surface area contributed by atoms with Crippen LogP contribution in [-0.4, -0.2) is 45.5 Å². The molecule has 0 unspecified atom stereocenters. The molecule has 0 saturated carbocycles. The van der Waals surface area contributed by atoms with Crippen LogP contribution in [0.15, 0.2) is 18.7 Å². The van der Waals surface area contributed by atoms with E-state index in [2.05, 4.69) is 24.1 Å². The number of carbonyl (C=O) groups is 1. The predicted octanol–water partition coefficient (Wildman–Crippen LogP) is 0.482. The highest BCUT2D eigenvalue weighted by molar-refractivity contribution is 5.76. The Hall–Kier alpha value is -1.36. The molecule has 17 heavy (non-hydrogen) atoms. The van der Waals surface area contributed by atoms with Gasteiger partial charge in [-0.1, -0.05) is 0 Å². The molecule has 2 rings (SSSR count). The average Bonchev–Trinajstić information content (AvgIpc) is 2.77. The standard InChI is InChI=1S/C12H20N4O/c1-10-7-16(8-11(2)14-10)12(17)3-5-15-6-4-13-9-15/h4,6,9-11,14H,3,5,7-8H2,1-2H3/t10-,11-/m1/s1. The van der Waals surface area contributed by atoms with Gasteiger partial charge in [0.25, 0.3) is 0 Å². The molecule has 1 N–H and O–H groups in total. The maximum Gasteiger partial charge on any atom is 0.224 e. The molecule has 1 fully saturated rings. The minimum atomic E-state index is 0.235. The highest BCUT2D eigenvalue weighted by Crippen LogP contribution is 2.06. The van der Waals surface area contributed by atoms with Crippen LogP contribution in [0.1, 0.15) is 20.3 Å². The van der Waals surface area contributed by atoms with E-state index in [1.54, 1.807) is 12.5 Å². The third kappa shape index (κ3) is 3.30. The number of hydrogen-bond donors (Lipinski definition) is 1. The van der Waals surface area contributed by atoms with Gasteiger partial charge in [0, 0.05) is 50.5 Å². The van der Waals surface area contributed by atoms with Crippen molar-refractivity contribution in [3.05, 3.63) is 18.7 Å². The molecule has 94 valence electrons. The third-order valence-corrected chi connectivity index (χ3v) is 3.05. The van der Waals surface area contributed by atoms with Crippen molar-refractivity contribution in [1.82, 2.24) is 19.8 Å². The molecule has 2 heterocycles. The Balaban J connectivity index is 1.83. The summed E-state index contributed by atoms with van der Waals surface area (Å²) < 4.78 is 1.94. The molecule has 1 aromatic rings. The number of aromatic nitrogens is 2. The Kier molecular flexibility index (Phi) is 3.78. The molecule has 2 atom stereocenters. The van der Waals surface area contributed by atoms with E-state index in [-0.39, 0.29) is 5.91 Å². The van der Waals surface area contributed by atoms with E-state index in [0.29, 0.717) is 25.0 Å². The number of rotatable bonds is 3. The summed E-state index contributed by atoms with van der Waals surface area (Å²) in [5.74, 6) is 0.235. The van der Waals surface area contributed by atoms with Crippen LogP contribution in [0.25, 0.3) is 0 Å². The Bertz CT molecular complexity index is 353. The summed E-state index contributed by atoms with van der Waals surface area (Å²) in [6.45, 7) is 6.57. The van der Waals surface area contributed by atoms with E-state index in [0.717, 1.165) is 13.1 Å². The molecule has 0 bridgehead atoms. The summed E-state index contributed by atoms with van der Waals surface area (Å²) in [4.78, 5) is 18.0. The van der Waals surface area contributed by atoms with Crippen molar-refractivity contribution in [3.8, 4) is 0 Å². The van der Waals surface area contributed by atoms with Crippen molar-refractivity contribution in [2.24, 2.45) is 0 Å². The molecular formula is C12H20N4O. The van der Waals surface area contributed by atoms with Crippen LogP contribution >= 0.6 is 0 Å². The number of imidazole rings is 1. The largest absolute Gasteiger partial charge is 0.340 e. The highest BCUT2D eigenvalue weighted by Gasteiger charge is 2.24. The molecule has 5 heteroatoms. The van der Waals surface area contributed by atoms with Gasteiger partial charge in [-0.25, -0.2) is 4.98 Å². The van der Waals surface area contributed by atoms with Crippen molar-refractivity contribution >= 4 is 5.91 Å². The first kappa shape index (κ1) is 12.1. The van der Waals surface area contributed by atoms with Crippen molar-refractivity contribution in [1.29, 1.82) is 0 Å². The summed E-state index contributed by atoms with van der Waals surface area (Å²) in [6, 6.07) is 0.770. The monoisotopic (exact) mass is 236 g/mol. The Morgan fingerprint density at radius 1 is 1.41 bits per heavy atom. The van der Waals surface area contributed by atoms with Crippen LogP contribution in [0.4, 0.5) is 0 Å². The van der Waals surface area contributed by atoms with Gasteiger partial charge in [0.15, 0.2) is 0 Å². The lowest BCUT2D eigenvalue weighted by Crippen LogP contribution is -2.55. The molecular weight excluding hydrogens is 216 g/mol. The lowest BCUT2D eigenvalue weighted by Gasteiger charge is -2.36. The zero-order valence-corrected chi connectivity index (χ0v) is 10.5. The molecule has 0 aliphatic carbocycles. The second-order valence-corrected chi connectivity index (χ2v) is 4.82. The topological polar surface area (TPSA) is 50.2 Å². The number of nitrogens with one attached hydrogen (secondary N) is 1. The number of amides is 1. The molecule has 1 amide bonds. The van der Waals surface area contributed by atoms with E-state index in [9.17, 15) is 4.79 Å². The fourth-order valence-corrected chi connectivity index (χ4v) is 2.33. The zero-order valence-electron chi connectivity index (χ0n) is 10.5. The van der Waals surface area contributed by atoms with E-state index in [4.69, 9.17) is 0 Å². The van der Waals surface area contributed by atoms with Gasteiger partial charge in [-0.2, -0.15) is 0 Å². The lowest BCUT2D eigenvalue weighted by molar-refractivity contribution is -0.133. The van der Waals surface area contributed by atoms with Crippen molar-refractivity contribution < 1.29 is 4.79 Å². The number of aryl methyl sites for hydroxylation is 1. The van der Waals surface area contributed by atoms with Crippen molar-refractivity contribution in [3.63, 3.8) is 0 Å². The first-order chi connectivity index (χ1) is 8.15. The SMILES string of the molecule is C[C@@H]1CN(C(=O)CCn2ccnc2)C[C@@H](C)N1. The van der Waals surface area contributed by atoms with E-state index in [1.807, 2.05) is 15.7 Å². The normalized spacial score (nSPS) is 24.9. The van der Waals surface area contributed by atoms with E-state index in [1.165, 1.54) is 0 Å². The molecule has 5 nitrogen and oxygen atoms in total. The highest BCUT2D eigenvalue weighted by atomic mass is 16.2. The fraction of sp³-hybridized carbons (Fsp3) is 0.667. The van der Waals surface area contributed by atoms with Gasteiger partial charge in [-0.15, -0.1) is 0 Å². The second kappa shape index (κ2) is 5.31. The van der Waals surface area contributed by atoms with E-state index >= 15 is 0 Å². The van der Waals surface area contributed by atoms with Crippen molar-refractivity contribution in [2.75, 3.05) is 13.1 Å². The summed E-state index contributed by atoms with van der Waals surface area (Å²) in [5, 5.41) is 3.42. The summed E-state index contributed by atoms with van der Waals surface area (Å²) in [6.07, 6.45) is 5.92. The Labute approximate surface area is 102 Å². The second-order valence-electron chi connectivity index (χ2n) is 4.82. The molecule has 1 saturated heterocycles. The maximum absolute atomic E-state index is 12.0. The van der Waals surface area contributed by atoms with Crippen LogP contribution in [0.5, 0.6) is 0 Å². The van der Waals surface area contributed by atoms with Gasteiger partial charge in [-0.3, -0.25) is 4.79 Å². The van der Waals surface area contributed by atoms with Crippen LogP contribution < -0.4 is 5.32 Å². The first-order valence-corrected chi connectivity index (χ1v) is 6.14. The molecule has 0 spiro atoms. The molecule has 1 aromatic heterocycles. The van der Waals surface area contributed by atoms with Gasteiger partial charge in [0.2, 0.25) is 5.91 Å². The van der Waals surface area contributed by atoms with Crippen LogP contribution in [0.3, 0.4) is 0 Å². The lowest BCUT2D eigenvalue weighted by atomic mass is 10.1. The van der Waals surface area contributed by atoms with Crippen LogP contribution in [0.2, 0.25) is 0 Å². The smallest absolute Gasteiger partial charge is 0.224 e. The number of piperazine rings is 1. The molecule has 1 aliphatic heterocycles. The zero-order chi connectivity index (χ0) is 12.3. The minimum Gasteiger partial charge on any atom is -0.340 e. The quantitative estimate of drug-likeness (QED) is 0.830. The Morgan fingerprint density at radius 3 is 2.71 bits per heavy atom. The minimum absolute atomic E-state index is 0.235. The van der Waals surface area contributed by atoms with Gasteiger partial charge in [0.05, 0.1) is 6.33 Å². The van der Waals surface area contributed by atoms with Crippen molar-refractivity contribution in [2.45, 2.75) is 38.9 Å². The summed E-state index contributed by atoms with van der Waals surface area (Å²) in [5.41, 5.74) is 0. The summed E-state index contributed by atoms with van der Waals surface area (Å²) in [7, 11) is 0. The van der Waals surface area contributed by atoms with Crippen LogP contribution in [-0.2, 0) is 11.3 Å². The van der Waals surface area contributed by atoms with Gasteiger partial charge in [0.1, 0.15) is 0 Å². The van der Waals surface area contributed by atoms with E-state index < -0.39 is 0 Å². The van der Waals surface area contributed by atoms with Gasteiger partial charge in [-0.05, 0) is 13.8 Å². The fourth-order valence-electron chi connectivity index (χ4n) is 2.33. The maximum atomic E-state index is 12.0.